The minimum absolute atomic E-state index is 0.168. The topological polar surface area (TPSA) is 29.1 Å². The van der Waals surface area contributed by atoms with E-state index in [2.05, 4.69) is 0 Å². The molecule has 0 spiro atoms. The van der Waals surface area contributed by atoms with Crippen LogP contribution < -0.4 is 5.32 Å². The number of alkyl halides is 5. The molecule has 0 saturated heterocycles. The summed E-state index contributed by atoms with van der Waals surface area (Å²) in [7, 11) is 0. The average Bonchev–Trinajstić information content (AvgIpc) is 2.60. The van der Waals surface area contributed by atoms with Crippen LogP contribution in [0.5, 0.6) is 0 Å². The summed E-state index contributed by atoms with van der Waals surface area (Å²) in [4.78, 5) is 11.3. The van der Waals surface area contributed by atoms with Crippen molar-refractivity contribution in [2.75, 3.05) is 0 Å². The Morgan fingerprint density at radius 3 is 2.05 bits per heavy atom. The zero-order chi connectivity index (χ0) is 15.6. The van der Waals surface area contributed by atoms with Gasteiger partial charge in [0.25, 0.3) is 0 Å². The molecule has 116 valence electrons. The standard InChI is InChI=1S/C13H18F5NO/c1-10(2)7-4-5-11(10,3)8(6-7)19-9(20)12(14,15)13(16,17)18/h7-8H,4-6H2,1-3H3,(H,19,20). The van der Waals surface area contributed by atoms with Crippen LogP contribution in [-0.2, 0) is 4.79 Å². The normalized spacial score (nSPS) is 36.2. The second kappa shape index (κ2) is 4.07. The zero-order valence-corrected chi connectivity index (χ0v) is 11.6. The average molecular weight is 299 g/mol. The molecule has 0 heterocycles. The first-order valence-corrected chi connectivity index (χ1v) is 6.59. The van der Waals surface area contributed by atoms with Gasteiger partial charge in [-0.05, 0) is 36.0 Å². The molecular weight excluding hydrogens is 281 g/mol. The zero-order valence-electron chi connectivity index (χ0n) is 11.6. The summed E-state index contributed by atoms with van der Waals surface area (Å²) >= 11 is 0. The van der Waals surface area contributed by atoms with Crippen LogP contribution in [0, 0.1) is 16.7 Å². The predicted molar refractivity (Wildman–Crippen MR) is 62.2 cm³/mol. The van der Waals surface area contributed by atoms with E-state index in [1.54, 1.807) is 0 Å². The largest absolute Gasteiger partial charge is 0.463 e. The van der Waals surface area contributed by atoms with Crippen molar-refractivity contribution in [1.29, 1.82) is 0 Å². The van der Waals surface area contributed by atoms with Gasteiger partial charge >= 0.3 is 18.0 Å². The summed E-state index contributed by atoms with van der Waals surface area (Å²) in [5.41, 5.74) is -0.604. The van der Waals surface area contributed by atoms with Gasteiger partial charge in [-0.3, -0.25) is 4.79 Å². The Balaban J connectivity index is 2.16. The third-order valence-electron chi connectivity index (χ3n) is 5.74. The Bertz CT molecular complexity index is 431. The summed E-state index contributed by atoms with van der Waals surface area (Å²) in [5.74, 6) is -7.33. The van der Waals surface area contributed by atoms with Gasteiger partial charge in [-0.15, -0.1) is 0 Å². The highest BCUT2D eigenvalue weighted by molar-refractivity contribution is 5.84. The van der Waals surface area contributed by atoms with Crippen molar-refractivity contribution in [3.05, 3.63) is 0 Å². The molecule has 2 rings (SSSR count). The first-order valence-electron chi connectivity index (χ1n) is 6.59. The molecule has 7 heteroatoms. The van der Waals surface area contributed by atoms with Crippen LogP contribution in [0.2, 0.25) is 0 Å². The van der Waals surface area contributed by atoms with Crippen molar-refractivity contribution in [3.63, 3.8) is 0 Å². The highest BCUT2D eigenvalue weighted by Gasteiger charge is 2.66. The molecular formula is C13H18F5NO. The number of halogens is 5. The molecule has 0 aromatic heterocycles. The Morgan fingerprint density at radius 2 is 1.70 bits per heavy atom. The highest BCUT2D eigenvalue weighted by atomic mass is 19.4. The molecule has 2 aliphatic rings. The molecule has 1 N–H and O–H groups in total. The third kappa shape index (κ3) is 1.84. The smallest absolute Gasteiger partial charge is 0.347 e. The van der Waals surface area contributed by atoms with E-state index in [-0.39, 0.29) is 11.3 Å². The van der Waals surface area contributed by atoms with Crippen LogP contribution >= 0.6 is 0 Å². The Labute approximate surface area is 114 Å². The maximum Gasteiger partial charge on any atom is 0.463 e. The number of fused-ring (bicyclic) bond motifs is 2. The van der Waals surface area contributed by atoms with Gasteiger partial charge < -0.3 is 5.32 Å². The molecule has 2 saturated carbocycles. The van der Waals surface area contributed by atoms with E-state index in [0.29, 0.717) is 6.42 Å². The van der Waals surface area contributed by atoms with Gasteiger partial charge in [0.2, 0.25) is 0 Å². The van der Waals surface area contributed by atoms with Gasteiger partial charge in [0.05, 0.1) is 0 Å². The summed E-state index contributed by atoms with van der Waals surface area (Å²) in [6.45, 7) is 5.83. The van der Waals surface area contributed by atoms with Gasteiger partial charge in [-0.25, -0.2) is 0 Å². The highest BCUT2D eigenvalue weighted by Crippen LogP contribution is 2.65. The lowest BCUT2D eigenvalue weighted by Crippen LogP contribution is -2.56. The van der Waals surface area contributed by atoms with E-state index in [4.69, 9.17) is 0 Å². The van der Waals surface area contributed by atoms with Gasteiger partial charge in [-0.1, -0.05) is 20.8 Å². The predicted octanol–water partition coefficient (Wildman–Crippen LogP) is 3.52. The van der Waals surface area contributed by atoms with Crippen molar-refractivity contribution < 1.29 is 26.7 Å². The lowest BCUT2D eigenvalue weighted by Gasteiger charge is -2.39. The van der Waals surface area contributed by atoms with Crippen molar-refractivity contribution in [2.24, 2.45) is 16.7 Å². The Kier molecular flexibility index (Phi) is 3.16. The van der Waals surface area contributed by atoms with Gasteiger partial charge in [-0.2, -0.15) is 22.0 Å². The molecule has 0 radical (unpaired) electrons. The fraction of sp³-hybridized carbons (Fsp3) is 0.923. The number of hydrogen-bond acceptors (Lipinski definition) is 1. The SMILES string of the molecule is CC1(C)C2CCC1(C)C(NC(=O)C(F)(F)C(F)(F)F)C2. The summed E-state index contributed by atoms with van der Waals surface area (Å²) in [6, 6.07) is -0.628. The number of rotatable bonds is 2. The van der Waals surface area contributed by atoms with Crippen LogP contribution in [0.15, 0.2) is 0 Å². The van der Waals surface area contributed by atoms with Gasteiger partial charge in [0.1, 0.15) is 0 Å². The van der Waals surface area contributed by atoms with E-state index in [1.165, 1.54) is 0 Å². The van der Waals surface area contributed by atoms with Crippen molar-refractivity contribution >= 4 is 5.91 Å². The molecule has 0 aromatic rings. The van der Waals surface area contributed by atoms with Crippen LogP contribution in [0.1, 0.15) is 40.0 Å². The van der Waals surface area contributed by atoms with E-state index in [1.807, 2.05) is 26.1 Å². The number of carbonyl (C=O) groups is 1. The maximum absolute atomic E-state index is 13.0. The third-order valence-corrected chi connectivity index (χ3v) is 5.74. The van der Waals surface area contributed by atoms with Crippen LogP contribution in [0.4, 0.5) is 22.0 Å². The monoisotopic (exact) mass is 299 g/mol. The summed E-state index contributed by atoms with van der Waals surface area (Å²) < 4.78 is 62.5. The number of nitrogens with one attached hydrogen (secondary N) is 1. The van der Waals surface area contributed by atoms with Gasteiger partial charge in [0.15, 0.2) is 0 Å². The lowest BCUT2D eigenvalue weighted by atomic mass is 9.69. The van der Waals surface area contributed by atoms with Crippen LogP contribution in [0.25, 0.3) is 0 Å². The van der Waals surface area contributed by atoms with E-state index in [9.17, 15) is 26.7 Å². The minimum atomic E-state index is -5.86. The van der Waals surface area contributed by atoms with E-state index >= 15 is 0 Å². The molecule has 0 aromatic carbocycles. The summed E-state index contributed by atoms with van der Waals surface area (Å²) in [5, 5.41) is 1.94. The molecule has 2 nitrogen and oxygen atoms in total. The van der Waals surface area contributed by atoms with Crippen LogP contribution in [0.3, 0.4) is 0 Å². The second-order valence-electron chi connectivity index (χ2n) is 6.71. The van der Waals surface area contributed by atoms with Crippen LogP contribution in [-0.4, -0.2) is 24.0 Å². The van der Waals surface area contributed by atoms with Gasteiger partial charge in [0, 0.05) is 6.04 Å². The summed E-state index contributed by atoms with van der Waals surface area (Å²) in [6.07, 6.45) is -3.74. The molecule has 2 aliphatic carbocycles. The van der Waals surface area contributed by atoms with Crippen molar-refractivity contribution in [1.82, 2.24) is 5.32 Å². The molecule has 20 heavy (non-hydrogen) atoms. The molecule has 3 atom stereocenters. The number of hydrogen-bond donors (Lipinski definition) is 1. The Morgan fingerprint density at radius 1 is 1.15 bits per heavy atom. The first-order chi connectivity index (χ1) is 8.84. The van der Waals surface area contributed by atoms with Crippen molar-refractivity contribution in [3.8, 4) is 0 Å². The molecule has 2 fully saturated rings. The van der Waals surface area contributed by atoms with Crippen molar-refractivity contribution in [2.45, 2.75) is 58.2 Å². The lowest BCUT2D eigenvalue weighted by molar-refractivity contribution is -0.270. The van der Waals surface area contributed by atoms with E-state index in [0.717, 1.165) is 12.8 Å². The molecule has 3 unspecified atom stereocenters. The number of carbonyl (C=O) groups excluding carboxylic acids is 1. The minimum Gasteiger partial charge on any atom is -0.347 e. The maximum atomic E-state index is 13.0. The molecule has 0 aliphatic heterocycles. The molecule has 1 amide bonds. The first kappa shape index (κ1) is 15.5. The fourth-order valence-corrected chi connectivity index (χ4v) is 3.80. The van der Waals surface area contributed by atoms with E-state index < -0.39 is 29.5 Å². The second-order valence-corrected chi connectivity index (χ2v) is 6.71. The quantitative estimate of drug-likeness (QED) is 0.777. The Hall–Kier alpha value is -0.880. The number of amides is 1. The fourth-order valence-electron chi connectivity index (χ4n) is 3.80. The molecule has 2 bridgehead atoms.